The Hall–Kier alpha value is -2.23. The monoisotopic (exact) mass is 272 g/mol. The van der Waals surface area contributed by atoms with Gasteiger partial charge in [0.05, 0.1) is 12.7 Å². The van der Waals surface area contributed by atoms with E-state index in [1.807, 2.05) is 26.8 Å². The molecular formula is C17H20O3. The van der Waals surface area contributed by atoms with E-state index in [4.69, 9.17) is 4.74 Å². The van der Waals surface area contributed by atoms with Crippen LogP contribution >= 0.6 is 0 Å². The molecule has 0 heterocycles. The number of carbonyl (C=O) groups is 1. The van der Waals surface area contributed by atoms with E-state index in [0.29, 0.717) is 6.42 Å². The van der Waals surface area contributed by atoms with Gasteiger partial charge in [-0.2, -0.15) is 0 Å². The molecule has 1 atom stereocenters. The van der Waals surface area contributed by atoms with Crippen LogP contribution in [-0.4, -0.2) is 23.8 Å². The highest BCUT2D eigenvalue weighted by Gasteiger charge is 2.01. The molecule has 0 aromatic rings. The number of rotatable bonds is 5. The molecular weight excluding hydrogens is 252 g/mol. The molecule has 0 saturated carbocycles. The number of aliphatic hydroxyl groups is 1. The number of allylic oxidation sites excluding steroid dienone is 4. The fourth-order valence-electron chi connectivity index (χ4n) is 1.05. The Morgan fingerprint density at radius 2 is 1.90 bits per heavy atom. The topological polar surface area (TPSA) is 46.5 Å². The number of carbonyl (C=O) groups excluding carboxylic acids is 1. The minimum Gasteiger partial charge on any atom is -0.462 e. The van der Waals surface area contributed by atoms with E-state index in [9.17, 15) is 9.90 Å². The maximum absolute atomic E-state index is 11.2. The van der Waals surface area contributed by atoms with Crippen molar-refractivity contribution in [2.75, 3.05) is 6.61 Å². The summed E-state index contributed by atoms with van der Waals surface area (Å²) >= 11 is 0. The molecule has 3 heteroatoms. The molecule has 0 aliphatic rings. The van der Waals surface area contributed by atoms with Gasteiger partial charge in [0.2, 0.25) is 0 Å². The molecule has 0 aliphatic carbocycles. The van der Waals surface area contributed by atoms with Gasteiger partial charge in [-0.25, -0.2) is 4.79 Å². The largest absolute Gasteiger partial charge is 0.462 e. The summed E-state index contributed by atoms with van der Waals surface area (Å²) in [4.78, 5) is 11.2. The first-order valence-electron chi connectivity index (χ1n) is 6.35. The lowest BCUT2D eigenvalue weighted by Gasteiger charge is -2.05. The maximum atomic E-state index is 11.2. The number of hydrogen-bond donors (Lipinski definition) is 1. The summed E-state index contributed by atoms with van der Waals surface area (Å²) in [5.41, 5.74) is 0.879. The van der Waals surface area contributed by atoms with Gasteiger partial charge in [-0.1, -0.05) is 23.5 Å². The lowest BCUT2D eigenvalue weighted by Crippen LogP contribution is -2.10. The molecule has 106 valence electrons. The molecule has 3 nitrogen and oxygen atoms in total. The molecule has 0 rings (SSSR count). The number of aliphatic hydroxyl groups excluding tert-OH is 1. The van der Waals surface area contributed by atoms with Gasteiger partial charge in [0.1, 0.15) is 0 Å². The van der Waals surface area contributed by atoms with E-state index in [1.54, 1.807) is 12.2 Å². The lowest BCUT2D eigenvalue weighted by molar-refractivity contribution is -0.138. The van der Waals surface area contributed by atoms with Crippen LogP contribution in [0, 0.1) is 23.7 Å². The van der Waals surface area contributed by atoms with Gasteiger partial charge >= 0.3 is 5.97 Å². The van der Waals surface area contributed by atoms with Crippen molar-refractivity contribution in [3.05, 3.63) is 36.0 Å². The van der Waals surface area contributed by atoms with Crippen LogP contribution in [0.4, 0.5) is 0 Å². The van der Waals surface area contributed by atoms with E-state index in [1.165, 1.54) is 12.2 Å². The van der Waals surface area contributed by atoms with Gasteiger partial charge in [-0.3, -0.25) is 0 Å². The Labute approximate surface area is 121 Å². The SMILES string of the molecule is C/C=C\C#CC#C/C=C/[C@H](O)CCOC(=O)C=C(C)C. The quantitative estimate of drug-likeness (QED) is 0.475. The Balaban J connectivity index is 3.95. The van der Waals surface area contributed by atoms with Crippen LogP contribution in [0.25, 0.3) is 0 Å². The number of ether oxygens (including phenoxy) is 1. The summed E-state index contributed by atoms with van der Waals surface area (Å²) in [6.45, 7) is 5.68. The zero-order chi connectivity index (χ0) is 15.2. The maximum Gasteiger partial charge on any atom is 0.330 e. The second kappa shape index (κ2) is 11.8. The predicted octanol–water partition coefficient (Wildman–Crippen LogP) is 2.39. The molecule has 0 saturated heterocycles. The zero-order valence-corrected chi connectivity index (χ0v) is 12.1. The Bertz CT molecular complexity index is 498. The van der Waals surface area contributed by atoms with Gasteiger partial charge in [-0.05, 0) is 50.8 Å². The first-order chi connectivity index (χ1) is 9.56. The third kappa shape index (κ3) is 12.2. The summed E-state index contributed by atoms with van der Waals surface area (Å²) in [5, 5.41) is 9.58. The van der Waals surface area contributed by atoms with Crippen molar-refractivity contribution >= 4 is 5.97 Å². The summed E-state index contributed by atoms with van der Waals surface area (Å²) < 4.78 is 4.92. The molecule has 0 aromatic heterocycles. The standard InChI is InChI=1S/C17H20O3/c1-4-5-6-7-8-9-10-11-16(18)12-13-20-17(19)14-15(2)3/h4-5,10-11,14,16,18H,12-13H2,1-3H3/b5-4-,11-10+/t16-/m0/s1. The van der Waals surface area contributed by atoms with Crippen LogP contribution in [0.2, 0.25) is 0 Å². The van der Waals surface area contributed by atoms with Gasteiger partial charge in [0, 0.05) is 12.5 Å². The fraction of sp³-hybridized carbons (Fsp3) is 0.353. The Morgan fingerprint density at radius 1 is 1.25 bits per heavy atom. The van der Waals surface area contributed by atoms with Crippen LogP contribution < -0.4 is 0 Å². The first kappa shape index (κ1) is 17.8. The fourth-order valence-corrected chi connectivity index (χ4v) is 1.05. The van der Waals surface area contributed by atoms with Crippen LogP contribution in [0.5, 0.6) is 0 Å². The van der Waals surface area contributed by atoms with Crippen molar-refractivity contribution in [2.24, 2.45) is 0 Å². The Morgan fingerprint density at radius 3 is 2.50 bits per heavy atom. The summed E-state index contributed by atoms with van der Waals surface area (Å²) in [6.07, 6.45) is 7.67. The van der Waals surface area contributed by atoms with Crippen molar-refractivity contribution in [1.82, 2.24) is 0 Å². The second-order valence-electron chi connectivity index (χ2n) is 4.14. The lowest BCUT2D eigenvalue weighted by atomic mass is 10.2. The minimum atomic E-state index is -0.688. The average Bonchev–Trinajstić information content (AvgIpc) is 2.36. The summed E-state index contributed by atoms with van der Waals surface area (Å²) in [5.74, 6) is 10.3. The molecule has 1 N–H and O–H groups in total. The van der Waals surface area contributed by atoms with Gasteiger partial charge < -0.3 is 9.84 Å². The van der Waals surface area contributed by atoms with Crippen LogP contribution in [-0.2, 0) is 9.53 Å². The predicted molar refractivity (Wildman–Crippen MR) is 80.5 cm³/mol. The number of hydrogen-bond acceptors (Lipinski definition) is 3. The van der Waals surface area contributed by atoms with Crippen LogP contribution in [0.15, 0.2) is 36.0 Å². The van der Waals surface area contributed by atoms with Crippen LogP contribution in [0.3, 0.4) is 0 Å². The highest BCUT2D eigenvalue weighted by Crippen LogP contribution is 1.96. The number of esters is 1. The molecule has 20 heavy (non-hydrogen) atoms. The molecule has 0 bridgehead atoms. The van der Waals surface area contributed by atoms with Crippen molar-refractivity contribution in [3.63, 3.8) is 0 Å². The first-order valence-corrected chi connectivity index (χ1v) is 6.35. The molecule has 0 fully saturated rings. The minimum absolute atomic E-state index is 0.169. The Kier molecular flexibility index (Phi) is 10.5. The smallest absolute Gasteiger partial charge is 0.330 e. The van der Waals surface area contributed by atoms with E-state index in [2.05, 4.69) is 23.7 Å². The van der Waals surface area contributed by atoms with Crippen molar-refractivity contribution in [1.29, 1.82) is 0 Å². The van der Waals surface area contributed by atoms with Crippen molar-refractivity contribution < 1.29 is 14.6 Å². The third-order valence-electron chi connectivity index (χ3n) is 1.92. The van der Waals surface area contributed by atoms with Crippen LogP contribution in [0.1, 0.15) is 27.2 Å². The van der Waals surface area contributed by atoms with E-state index >= 15 is 0 Å². The highest BCUT2D eigenvalue weighted by molar-refractivity contribution is 5.82. The highest BCUT2D eigenvalue weighted by atomic mass is 16.5. The van der Waals surface area contributed by atoms with E-state index in [-0.39, 0.29) is 12.6 Å². The molecule has 0 amide bonds. The van der Waals surface area contributed by atoms with Crippen molar-refractivity contribution in [2.45, 2.75) is 33.3 Å². The van der Waals surface area contributed by atoms with Gasteiger partial charge in [0.15, 0.2) is 0 Å². The summed E-state index contributed by atoms with van der Waals surface area (Å²) in [6, 6.07) is 0. The molecule has 0 spiro atoms. The molecule has 0 radical (unpaired) electrons. The van der Waals surface area contributed by atoms with E-state index < -0.39 is 6.10 Å². The normalized spacial score (nSPS) is 11.2. The summed E-state index contributed by atoms with van der Waals surface area (Å²) in [7, 11) is 0. The van der Waals surface area contributed by atoms with E-state index in [0.717, 1.165) is 5.57 Å². The molecule has 0 unspecified atom stereocenters. The molecule has 0 aromatic carbocycles. The third-order valence-corrected chi connectivity index (χ3v) is 1.92. The molecule has 0 aliphatic heterocycles. The van der Waals surface area contributed by atoms with Gasteiger partial charge in [0.25, 0.3) is 0 Å². The average molecular weight is 272 g/mol. The zero-order valence-electron chi connectivity index (χ0n) is 12.1. The van der Waals surface area contributed by atoms with Crippen molar-refractivity contribution in [3.8, 4) is 23.7 Å². The second-order valence-corrected chi connectivity index (χ2v) is 4.14. The van der Waals surface area contributed by atoms with Gasteiger partial charge in [-0.15, -0.1) is 0 Å².